The number of amides is 1. The molecule has 2 aromatic carbocycles. The molecule has 33 heavy (non-hydrogen) atoms. The summed E-state index contributed by atoms with van der Waals surface area (Å²) in [5.74, 6) is -0.326. The minimum absolute atomic E-state index is 0.279. The summed E-state index contributed by atoms with van der Waals surface area (Å²) in [4.78, 5) is 24.7. The molecular formula is C24H20ClFN6O. The Morgan fingerprint density at radius 1 is 1.06 bits per heavy atom. The van der Waals surface area contributed by atoms with Gasteiger partial charge in [-0.25, -0.2) is 14.4 Å². The van der Waals surface area contributed by atoms with Crippen LogP contribution in [0.3, 0.4) is 0 Å². The Bertz CT molecular complexity index is 1360. The number of halogens is 2. The van der Waals surface area contributed by atoms with Crippen LogP contribution in [0.25, 0.3) is 22.0 Å². The fraction of sp³-hybridized carbons (Fsp3) is 0.167. The molecule has 1 aliphatic carbocycles. The van der Waals surface area contributed by atoms with Crippen molar-refractivity contribution in [2.24, 2.45) is 5.73 Å². The fourth-order valence-corrected chi connectivity index (χ4v) is 3.88. The van der Waals surface area contributed by atoms with Crippen LogP contribution in [-0.2, 0) is 11.3 Å². The Kier molecular flexibility index (Phi) is 5.30. The van der Waals surface area contributed by atoms with E-state index in [-0.39, 0.29) is 12.4 Å². The van der Waals surface area contributed by atoms with E-state index in [1.807, 2.05) is 18.2 Å². The van der Waals surface area contributed by atoms with Crippen molar-refractivity contribution in [1.29, 1.82) is 0 Å². The number of anilines is 2. The first-order chi connectivity index (χ1) is 15.9. The second kappa shape index (κ2) is 8.29. The molecule has 7 nitrogen and oxygen atoms in total. The molecule has 166 valence electrons. The second-order valence-corrected chi connectivity index (χ2v) is 8.43. The Balaban J connectivity index is 1.43. The quantitative estimate of drug-likeness (QED) is 0.372. The van der Waals surface area contributed by atoms with Crippen LogP contribution < -0.4 is 16.4 Å². The molecule has 9 heteroatoms. The lowest BCUT2D eigenvalue weighted by Crippen LogP contribution is -2.38. The first-order valence-electron chi connectivity index (χ1n) is 10.4. The largest absolute Gasteiger partial charge is 0.379 e. The maximum atomic E-state index is 14.0. The SMILES string of the molecule is NC(=O)C1(Nc2ncc(-c3ccc4ncc(Cl)c(NCc5ccccc5F)c4c3)cn2)CC1. The molecule has 0 radical (unpaired) electrons. The predicted octanol–water partition coefficient (Wildman–Crippen LogP) is 4.53. The summed E-state index contributed by atoms with van der Waals surface area (Å²) in [6, 6.07) is 12.3. The maximum absolute atomic E-state index is 14.0. The molecule has 1 aliphatic rings. The topological polar surface area (TPSA) is 106 Å². The molecule has 0 unspecified atom stereocenters. The van der Waals surface area contributed by atoms with E-state index in [0.717, 1.165) is 22.0 Å². The van der Waals surface area contributed by atoms with Crippen molar-refractivity contribution in [2.75, 3.05) is 10.6 Å². The van der Waals surface area contributed by atoms with E-state index in [0.29, 0.717) is 35.1 Å². The van der Waals surface area contributed by atoms with Crippen molar-refractivity contribution in [3.05, 3.63) is 77.5 Å². The van der Waals surface area contributed by atoms with Crippen LogP contribution in [0.1, 0.15) is 18.4 Å². The smallest absolute Gasteiger partial charge is 0.243 e. The van der Waals surface area contributed by atoms with Crippen molar-refractivity contribution in [3.63, 3.8) is 0 Å². The number of nitrogens with two attached hydrogens (primary N) is 1. The van der Waals surface area contributed by atoms with Crippen LogP contribution in [0.4, 0.5) is 16.0 Å². The molecule has 5 rings (SSSR count). The normalized spacial score (nSPS) is 14.1. The van der Waals surface area contributed by atoms with Gasteiger partial charge in [0.15, 0.2) is 0 Å². The van der Waals surface area contributed by atoms with Gasteiger partial charge in [0.2, 0.25) is 11.9 Å². The van der Waals surface area contributed by atoms with Gasteiger partial charge in [-0.3, -0.25) is 9.78 Å². The highest BCUT2D eigenvalue weighted by atomic mass is 35.5. The fourth-order valence-electron chi connectivity index (χ4n) is 3.67. The zero-order valence-electron chi connectivity index (χ0n) is 17.5. The molecule has 1 saturated carbocycles. The third kappa shape index (κ3) is 4.17. The average molecular weight is 463 g/mol. The van der Waals surface area contributed by atoms with Gasteiger partial charge in [0.05, 0.1) is 16.2 Å². The van der Waals surface area contributed by atoms with Crippen molar-refractivity contribution in [2.45, 2.75) is 24.9 Å². The number of benzene rings is 2. The second-order valence-electron chi connectivity index (χ2n) is 8.02. The van der Waals surface area contributed by atoms with Crippen molar-refractivity contribution < 1.29 is 9.18 Å². The summed E-state index contributed by atoms with van der Waals surface area (Å²) < 4.78 is 14.0. The Morgan fingerprint density at radius 3 is 2.52 bits per heavy atom. The number of primary amides is 1. The standard InChI is InChI=1S/C24H20ClFN6O/c25-18-13-28-20-6-5-14(9-17(20)21(18)29-10-15-3-1-2-4-19(15)26)16-11-30-23(31-12-16)32-24(7-8-24)22(27)33/h1-6,9,11-13H,7-8,10H2,(H2,27,33)(H,28,29)(H,30,31,32). The van der Waals surface area contributed by atoms with Crippen molar-refractivity contribution >= 4 is 40.0 Å². The van der Waals surface area contributed by atoms with Crippen LogP contribution in [-0.4, -0.2) is 26.4 Å². The molecule has 4 N–H and O–H groups in total. The minimum atomic E-state index is -0.730. The first kappa shape index (κ1) is 21.1. The van der Waals surface area contributed by atoms with E-state index in [4.69, 9.17) is 17.3 Å². The lowest BCUT2D eigenvalue weighted by Gasteiger charge is -2.14. The number of fused-ring (bicyclic) bond motifs is 1. The molecule has 0 aliphatic heterocycles. The van der Waals surface area contributed by atoms with Gasteiger partial charge in [-0.15, -0.1) is 0 Å². The Hall–Kier alpha value is -3.78. The third-order valence-electron chi connectivity index (χ3n) is 5.79. The minimum Gasteiger partial charge on any atom is -0.379 e. The number of carbonyl (C=O) groups excluding carboxylic acids is 1. The molecule has 1 amide bonds. The van der Waals surface area contributed by atoms with Gasteiger partial charge in [-0.2, -0.15) is 0 Å². The average Bonchev–Trinajstić information content (AvgIpc) is 3.60. The van der Waals surface area contributed by atoms with Crippen LogP contribution in [0.15, 0.2) is 61.1 Å². The van der Waals surface area contributed by atoms with Crippen molar-refractivity contribution in [1.82, 2.24) is 15.0 Å². The van der Waals surface area contributed by atoms with Gasteiger partial charge >= 0.3 is 0 Å². The first-order valence-corrected chi connectivity index (χ1v) is 10.8. The number of hydrogen-bond acceptors (Lipinski definition) is 6. The van der Waals surface area contributed by atoms with E-state index < -0.39 is 11.4 Å². The maximum Gasteiger partial charge on any atom is 0.243 e. The monoisotopic (exact) mass is 462 g/mol. The summed E-state index contributed by atoms with van der Waals surface area (Å²) in [6.45, 7) is 0.279. The van der Waals surface area contributed by atoms with Gasteiger partial charge in [0.25, 0.3) is 0 Å². The highest BCUT2D eigenvalue weighted by molar-refractivity contribution is 6.34. The summed E-state index contributed by atoms with van der Waals surface area (Å²) in [5, 5.41) is 7.51. The van der Waals surface area contributed by atoms with E-state index >= 15 is 0 Å². The van der Waals surface area contributed by atoms with Gasteiger partial charge in [0.1, 0.15) is 11.4 Å². The summed E-state index contributed by atoms with van der Waals surface area (Å²) in [5.41, 5.74) is 8.32. The van der Waals surface area contributed by atoms with Gasteiger partial charge in [0, 0.05) is 41.6 Å². The highest BCUT2D eigenvalue weighted by Crippen LogP contribution is 2.38. The summed E-state index contributed by atoms with van der Waals surface area (Å²) >= 11 is 6.43. The molecule has 2 heterocycles. The molecule has 0 atom stereocenters. The van der Waals surface area contributed by atoms with Crippen molar-refractivity contribution in [3.8, 4) is 11.1 Å². The molecule has 0 spiro atoms. The van der Waals surface area contributed by atoms with Gasteiger partial charge < -0.3 is 16.4 Å². The molecule has 1 fully saturated rings. The van der Waals surface area contributed by atoms with Gasteiger partial charge in [-0.05, 0) is 36.6 Å². The summed E-state index contributed by atoms with van der Waals surface area (Å²) in [6.07, 6.45) is 6.28. The van der Waals surface area contributed by atoms with E-state index in [9.17, 15) is 9.18 Å². The highest BCUT2D eigenvalue weighted by Gasteiger charge is 2.49. The number of pyridine rings is 1. The molecule has 4 aromatic rings. The van der Waals surface area contributed by atoms with E-state index in [1.165, 1.54) is 6.07 Å². The van der Waals surface area contributed by atoms with E-state index in [1.54, 1.807) is 36.8 Å². The van der Waals surface area contributed by atoms with Crippen LogP contribution in [0.5, 0.6) is 0 Å². The number of nitrogens with zero attached hydrogens (tertiary/aromatic N) is 3. The number of aromatic nitrogens is 3. The Labute approximate surface area is 194 Å². The molecule has 0 saturated heterocycles. The molecule has 2 aromatic heterocycles. The van der Waals surface area contributed by atoms with E-state index in [2.05, 4.69) is 25.6 Å². The zero-order chi connectivity index (χ0) is 23.0. The molecular weight excluding hydrogens is 443 g/mol. The lowest BCUT2D eigenvalue weighted by atomic mass is 10.0. The predicted molar refractivity (Wildman–Crippen MR) is 126 cm³/mol. The number of carbonyl (C=O) groups is 1. The number of nitrogens with one attached hydrogen (secondary N) is 2. The molecule has 0 bridgehead atoms. The van der Waals surface area contributed by atoms with Crippen LogP contribution >= 0.6 is 11.6 Å². The zero-order valence-corrected chi connectivity index (χ0v) is 18.2. The van der Waals surface area contributed by atoms with Crippen LogP contribution in [0.2, 0.25) is 5.02 Å². The third-order valence-corrected chi connectivity index (χ3v) is 6.08. The number of rotatable bonds is 7. The lowest BCUT2D eigenvalue weighted by molar-refractivity contribution is -0.119. The number of hydrogen-bond donors (Lipinski definition) is 3. The Morgan fingerprint density at radius 2 is 1.82 bits per heavy atom. The van der Waals surface area contributed by atoms with Gasteiger partial charge in [-0.1, -0.05) is 35.9 Å². The summed E-state index contributed by atoms with van der Waals surface area (Å²) in [7, 11) is 0. The van der Waals surface area contributed by atoms with Crippen LogP contribution in [0, 0.1) is 5.82 Å².